The molecule has 8 heteroatoms. The minimum absolute atomic E-state index is 0.328. The Bertz CT molecular complexity index is 1300. The van der Waals surface area contributed by atoms with E-state index in [0.717, 1.165) is 17.4 Å². The topological polar surface area (TPSA) is 75.6 Å². The van der Waals surface area contributed by atoms with Crippen molar-refractivity contribution in [3.8, 4) is 16.9 Å². The van der Waals surface area contributed by atoms with E-state index in [2.05, 4.69) is 0 Å². The highest BCUT2D eigenvalue weighted by molar-refractivity contribution is 7.12. The molecular formula is C19H13F2NO4S. The Labute approximate surface area is 166 Å². The van der Waals surface area contributed by atoms with Gasteiger partial charge in [0.1, 0.15) is 27.9 Å². The van der Waals surface area contributed by atoms with E-state index >= 15 is 0 Å². The van der Waals surface area contributed by atoms with Crippen LogP contribution in [0.2, 0.25) is 0 Å². The monoisotopic (exact) mass is 396 g/mol. The van der Waals surface area contributed by atoms with Gasteiger partial charge in [-0.2, -0.15) is 0 Å². The van der Waals surface area contributed by atoms with Crippen molar-refractivity contribution in [3.63, 3.8) is 0 Å². The molecule has 0 bridgehead atoms. The maximum atomic E-state index is 14.8. The number of ether oxygens (including phenoxy) is 1. The van der Waals surface area contributed by atoms with Gasteiger partial charge in [-0.15, -0.1) is 11.3 Å². The van der Waals surface area contributed by atoms with Crippen LogP contribution in [0.5, 0.6) is 5.75 Å². The van der Waals surface area contributed by atoms with E-state index in [4.69, 9.17) is 19.4 Å². The molecule has 1 amide bonds. The van der Waals surface area contributed by atoms with Gasteiger partial charge in [-0.25, -0.2) is 13.6 Å². The fourth-order valence-electron chi connectivity index (χ4n) is 2.25. The molecule has 0 atom stereocenters. The number of para-hydroxylation sites is 1. The fourth-order valence-corrected chi connectivity index (χ4v) is 2.98. The number of halogens is 2. The van der Waals surface area contributed by atoms with Crippen LogP contribution in [0.25, 0.3) is 11.1 Å². The highest BCUT2D eigenvalue weighted by atomic mass is 32.1. The predicted molar refractivity (Wildman–Crippen MR) is 97.6 cm³/mol. The molecule has 5 nitrogen and oxygen atoms in total. The number of benzene rings is 2. The molecule has 3 rings (SSSR count). The average molecular weight is 396 g/mol. The summed E-state index contributed by atoms with van der Waals surface area (Å²) < 4.78 is 87.6. The number of carbonyl (C=O) groups is 2. The molecule has 3 aromatic rings. The Morgan fingerprint density at radius 1 is 1.26 bits per heavy atom. The molecule has 0 saturated carbocycles. The first-order valence-electron chi connectivity index (χ1n) is 10.6. The number of hydrogen-bond acceptors (Lipinski definition) is 4. The molecule has 0 fully saturated rings. The molecule has 1 aromatic heterocycles. The Balaban J connectivity index is 2.11. The van der Waals surface area contributed by atoms with E-state index in [1.165, 1.54) is 5.38 Å². The molecule has 0 saturated heterocycles. The number of nitrogens with one attached hydrogen (secondary N) is 1. The van der Waals surface area contributed by atoms with Gasteiger partial charge < -0.3 is 15.2 Å². The van der Waals surface area contributed by atoms with Crippen molar-refractivity contribution in [2.75, 3.05) is 12.4 Å². The van der Waals surface area contributed by atoms with Crippen LogP contribution in [-0.2, 0) is 0 Å². The first-order valence-corrected chi connectivity index (χ1v) is 8.01. The third kappa shape index (κ3) is 3.65. The summed E-state index contributed by atoms with van der Waals surface area (Å²) in [5.41, 5.74) is -2.37. The smallest absolute Gasteiger partial charge is 0.346 e. The number of carbonyl (C=O) groups excluding carboxylic acids is 1. The second kappa shape index (κ2) is 7.55. The van der Waals surface area contributed by atoms with Crippen LogP contribution in [0.1, 0.15) is 29.6 Å². The third-order valence-corrected chi connectivity index (χ3v) is 4.33. The van der Waals surface area contributed by atoms with Gasteiger partial charge in [0.25, 0.3) is 5.91 Å². The lowest BCUT2D eigenvalue weighted by Gasteiger charge is -2.12. The molecule has 1 heterocycles. The summed E-state index contributed by atoms with van der Waals surface area (Å²) in [4.78, 5) is 23.2. The molecule has 2 aromatic carbocycles. The van der Waals surface area contributed by atoms with Crippen molar-refractivity contribution in [1.82, 2.24) is 0 Å². The van der Waals surface area contributed by atoms with Crippen LogP contribution in [0.4, 0.5) is 14.5 Å². The van der Waals surface area contributed by atoms with Crippen molar-refractivity contribution in [2.24, 2.45) is 0 Å². The Hall–Kier alpha value is -3.26. The third-order valence-electron chi connectivity index (χ3n) is 3.43. The maximum Gasteiger partial charge on any atom is 0.346 e. The summed E-state index contributed by atoms with van der Waals surface area (Å²) in [5.74, 6) is -6.09. The maximum absolute atomic E-state index is 14.8. The van der Waals surface area contributed by atoms with Crippen molar-refractivity contribution in [2.45, 2.75) is 0 Å². The van der Waals surface area contributed by atoms with Crippen molar-refractivity contribution in [3.05, 3.63) is 69.8 Å². The van der Waals surface area contributed by atoms with E-state index in [1.54, 1.807) is 0 Å². The minimum Gasteiger partial charge on any atom is -0.496 e. The van der Waals surface area contributed by atoms with E-state index in [1.807, 2.05) is 5.32 Å². The fraction of sp³-hybridized carbons (Fsp3) is 0.0526. The number of rotatable bonds is 5. The molecule has 0 unspecified atom stereocenters. The summed E-state index contributed by atoms with van der Waals surface area (Å²) in [6.45, 7) is 0. The number of carboxylic acid groups (broad SMARTS) is 1. The van der Waals surface area contributed by atoms with Gasteiger partial charge >= 0.3 is 5.97 Å². The number of anilines is 1. The summed E-state index contributed by atoms with van der Waals surface area (Å²) in [7, 11) is -3.14. The zero-order chi connectivity index (χ0) is 25.5. The van der Waals surface area contributed by atoms with E-state index in [0.29, 0.717) is 12.1 Å². The second-order valence-corrected chi connectivity index (χ2v) is 5.96. The molecule has 138 valence electrons. The van der Waals surface area contributed by atoms with Crippen LogP contribution < -0.4 is 10.1 Å². The van der Waals surface area contributed by atoms with Crippen molar-refractivity contribution < 1.29 is 37.8 Å². The first kappa shape index (κ1) is 11.5. The number of aromatic carboxylic acids is 1. The zero-order valence-corrected chi connectivity index (χ0v) is 14.0. The Morgan fingerprint density at radius 3 is 2.63 bits per heavy atom. The quantitative estimate of drug-likeness (QED) is 0.658. The van der Waals surface area contributed by atoms with E-state index in [-0.39, 0.29) is 10.4 Å². The minimum atomic E-state index is -3.14. The summed E-state index contributed by atoms with van der Waals surface area (Å²) >= 11 is 0.737. The molecule has 0 aliphatic rings. The zero-order valence-electron chi connectivity index (χ0n) is 20.1. The van der Waals surface area contributed by atoms with Crippen LogP contribution in [0.15, 0.2) is 47.7 Å². The Kier molecular flexibility index (Phi) is 3.20. The molecule has 27 heavy (non-hydrogen) atoms. The lowest BCUT2D eigenvalue weighted by atomic mass is 10.0. The number of amides is 1. The number of hydrogen-bond donors (Lipinski definition) is 2. The van der Waals surface area contributed by atoms with Gasteiger partial charge in [0.15, 0.2) is 0 Å². The van der Waals surface area contributed by atoms with Crippen molar-refractivity contribution >= 4 is 28.9 Å². The SMILES string of the molecule is [2H]c1c([2H])c([2H])c(-c2cc(F)c(NC(=O)c3ccsc3C(=O)O)c(F)c2)c(OC([2H])([2H])[2H])c1[2H]. The molecule has 0 aliphatic carbocycles. The van der Waals surface area contributed by atoms with Gasteiger partial charge in [0.05, 0.1) is 22.2 Å². The lowest BCUT2D eigenvalue weighted by molar-refractivity contribution is 0.0698. The molecular weight excluding hydrogens is 376 g/mol. The number of methoxy groups -OCH3 is 1. The number of carboxylic acids is 1. The first-order chi connectivity index (χ1) is 15.7. The predicted octanol–water partition coefficient (Wildman–Crippen LogP) is 4.65. The van der Waals surface area contributed by atoms with Crippen LogP contribution in [0.3, 0.4) is 0 Å². The van der Waals surface area contributed by atoms with Gasteiger partial charge in [-0.05, 0) is 35.2 Å². The number of thiophene rings is 1. The van der Waals surface area contributed by atoms with Crippen LogP contribution >= 0.6 is 11.3 Å². The lowest BCUT2D eigenvalue weighted by Crippen LogP contribution is -2.16. The van der Waals surface area contributed by atoms with E-state index in [9.17, 15) is 18.4 Å². The average Bonchev–Trinajstić information content (AvgIpc) is 3.22. The standard InChI is InChI=1S/C19H13F2NO4S/c1-26-15-5-3-2-4-11(15)10-8-13(20)16(14(21)9-10)22-18(23)12-6-7-27-17(12)19(24)25/h2-9H,1H3,(H,22,23)(H,24,25)/i1D3,2D,3D,4D,5D. The Morgan fingerprint density at radius 2 is 1.96 bits per heavy atom. The van der Waals surface area contributed by atoms with Crippen LogP contribution in [-0.4, -0.2) is 24.0 Å². The molecule has 0 aliphatic heterocycles. The largest absolute Gasteiger partial charge is 0.496 e. The van der Waals surface area contributed by atoms with Gasteiger partial charge in [0, 0.05) is 5.56 Å². The summed E-state index contributed by atoms with van der Waals surface area (Å²) in [6, 6.07) is -0.895. The molecule has 0 spiro atoms. The van der Waals surface area contributed by atoms with Gasteiger partial charge in [-0.3, -0.25) is 4.79 Å². The molecule has 0 radical (unpaired) electrons. The normalized spacial score (nSPS) is 14.7. The second-order valence-electron chi connectivity index (χ2n) is 5.04. The molecule has 2 N–H and O–H groups in total. The van der Waals surface area contributed by atoms with E-state index < -0.39 is 77.3 Å². The summed E-state index contributed by atoms with van der Waals surface area (Å²) in [6.07, 6.45) is 0. The van der Waals surface area contributed by atoms with Crippen LogP contribution in [0, 0.1) is 11.6 Å². The highest BCUT2D eigenvalue weighted by Gasteiger charge is 2.21. The van der Waals surface area contributed by atoms with Gasteiger partial charge in [0.2, 0.25) is 0 Å². The summed E-state index contributed by atoms with van der Waals surface area (Å²) in [5, 5.41) is 12.4. The van der Waals surface area contributed by atoms with Gasteiger partial charge in [-0.1, -0.05) is 18.1 Å². The van der Waals surface area contributed by atoms with Crippen molar-refractivity contribution in [1.29, 1.82) is 0 Å². The highest BCUT2D eigenvalue weighted by Crippen LogP contribution is 2.33.